The van der Waals surface area contributed by atoms with Crippen LogP contribution in [0.5, 0.6) is 11.5 Å². The number of esters is 1. The fraction of sp³-hybridized carbons (Fsp3) is 0.357. The van der Waals surface area contributed by atoms with E-state index in [2.05, 4.69) is 0 Å². The lowest BCUT2D eigenvalue weighted by Crippen LogP contribution is -2.15. The van der Waals surface area contributed by atoms with Crippen molar-refractivity contribution in [3.05, 3.63) is 28.3 Å². The molecule has 0 unspecified atom stereocenters. The molecule has 1 aliphatic heterocycles. The SMILES string of the molecule is CCOC(=O)/C(C)=C/c1cc(Cl)c2c(c1)OCCO2. The lowest BCUT2D eigenvalue weighted by atomic mass is 10.1. The number of hydrogen-bond acceptors (Lipinski definition) is 4. The molecule has 5 heteroatoms. The molecule has 4 nitrogen and oxygen atoms in total. The lowest BCUT2D eigenvalue weighted by Gasteiger charge is -2.19. The van der Waals surface area contributed by atoms with E-state index < -0.39 is 0 Å². The Morgan fingerprint density at radius 2 is 2.16 bits per heavy atom. The summed E-state index contributed by atoms with van der Waals surface area (Å²) < 4.78 is 15.8. The number of fused-ring (bicyclic) bond motifs is 1. The van der Waals surface area contributed by atoms with Gasteiger partial charge in [0.2, 0.25) is 0 Å². The number of ether oxygens (including phenoxy) is 3. The van der Waals surface area contributed by atoms with Crippen molar-refractivity contribution in [2.24, 2.45) is 0 Å². The number of benzene rings is 1. The van der Waals surface area contributed by atoms with Crippen LogP contribution in [0.3, 0.4) is 0 Å². The molecule has 0 fully saturated rings. The van der Waals surface area contributed by atoms with Gasteiger partial charge < -0.3 is 14.2 Å². The summed E-state index contributed by atoms with van der Waals surface area (Å²) in [7, 11) is 0. The van der Waals surface area contributed by atoms with Gasteiger partial charge in [0, 0.05) is 5.57 Å². The Balaban J connectivity index is 2.28. The predicted octanol–water partition coefficient (Wildman–Crippen LogP) is 3.08. The highest BCUT2D eigenvalue weighted by Gasteiger charge is 2.16. The molecule has 19 heavy (non-hydrogen) atoms. The maximum Gasteiger partial charge on any atom is 0.333 e. The zero-order valence-electron chi connectivity index (χ0n) is 10.9. The minimum absolute atomic E-state index is 0.339. The van der Waals surface area contributed by atoms with Crippen LogP contribution in [-0.2, 0) is 9.53 Å². The smallest absolute Gasteiger partial charge is 0.333 e. The number of hydrogen-bond donors (Lipinski definition) is 0. The van der Waals surface area contributed by atoms with Crippen molar-refractivity contribution >= 4 is 23.6 Å². The molecule has 0 radical (unpaired) electrons. The minimum Gasteiger partial charge on any atom is -0.486 e. The Hall–Kier alpha value is -1.68. The molecule has 1 aromatic carbocycles. The van der Waals surface area contributed by atoms with Crippen LogP contribution in [-0.4, -0.2) is 25.8 Å². The second kappa shape index (κ2) is 5.97. The van der Waals surface area contributed by atoms with Gasteiger partial charge in [0.25, 0.3) is 0 Å². The Labute approximate surface area is 116 Å². The van der Waals surface area contributed by atoms with Gasteiger partial charge in [-0.1, -0.05) is 11.6 Å². The van der Waals surface area contributed by atoms with E-state index in [-0.39, 0.29) is 5.97 Å². The average Bonchev–Trinajstić information content (AvgIpc) is 2.39. The molecule has 0 bridgehead atoms. The minimum atomic E-state index is -0.339. The number of carbonyl (C=O) groups is 1. The van der Waals surface area contributed by atoms with E-state index in [1.807, 2.05) is 0 Å². The maximum absolute atomic E-state index is 11.5. The molecule has 0 N–H and O–H groups in total. The van der Waals surface area contributed by atoms with E-state index >= 15 is 0 Å². The number of rotatable bonds is 3. The van der Waals surface area contributed by atoms with Crippen molar-refractivity contribution in [2.75, 3.05) is 19.8 Å². The molecule has 0 amide bonds. The Bertz CT molecular complexity index is 522. The second-order valence-electron chi connectivity index (χ2n) is 4.07. The lowest BCUT2D eigenvalue weighted by molar-refractivity contribution is -0.138. The molecule has 0 spiro atoms. The van der Waals surface area contributed by atoms with Gasteiger partial charge in [0.05, 0.1) is 11.6 Å². The molecular weight excluding hydrogens is 268 g/mol. The van der Waals surface area contributed by atoms with Crippen molar-refractivity contribution in [3.63, 3.8) is 0 Å². The zero-order chi connectivity index (χ0) is 13.8. The quantitative estimate of drug-likeness (QED) is 0.631. The first-order valence-electron chi connectivity index (χ1n) is 6.06. The summed E-state index contributed by atoms with van der Waals surface area (Å²) in [4.78, 5) is 11.5. The summed E-state index contributed by atoms with van der Waals surface area (Å²) in [6, 6.07) is 3.53. The van der Waals surface area contributed by atoms with Crippen molar-refractivity contribution in [3.8, 4) is 11.5 Å². The molecule has 0 aromatic heterocycles. The van der Waals surface area contributed by atoms with Crippen LogP contribution in [0.1, 0.15) is 19.4 Å². The molecule has 0 saturated carbocycles. The molecule has 2 rings (SSSR count). The van der Waals surface area contributed by atoms with Crippen LogP contribution < -0.4 is 9.47 Å². The third-order valence-electron chi connectivity index (χ3n) is 2.60. The summed E-state index contributed by atoms with van der Waals surface area (Å²) in [5.41, 5.74) is 1.29. The molecule has 1 aliphatic rings. The van der Waals surface area contributed by atoms with Gasteiger partial charge >= 0.3 is 5.97 Å². The van der Waals surface area contributed by atoms with E-state index in [4.69, 9.17) is 25.8 Å². The van der Waals surface area contributed by atoms with E-state index in [9.17, 15) is 4.79 Å². The van der Waals surface area contributed by atoms with E-state index in [0.717, 1.165) is 5.56 Å². The molecule has 1 aromatic rings. The van der Waals surface area contributed by atoms with Crippen molar-refractivity contribution in [1.82, 2.24) is 0 Å². The molecular formula is C14H15ClO4. The van der Waals surface area contributed by atoms with E-state index in [1.54, 1.807) is 32.1 Å². The highest BCUT2D eigenvalue weighted by Crippen LogP contribution is 2.38. The maximum atomic E-state index is 11.5. The molecule has 102 valence electrons. The van der Waals surface area contributed by atoms with Crippen LogP contribution in [0.25, 0.3) is 6.08 Å². The Kier molecular flexibility index (Phi) is 4.32. The summed E-state index contributed by atoms with van der Waals surface area (Å²) in [6.45, 7) is 4.80. The normalized spacial score (nSPS) is 14.2. The van der Waals surface area contributed by atoms with Gasteiger partial charge in [-0.3, -0.25) is 0 Å². The Morgan fingerprint density at radius 1 is 1.42 bits per heavy atom. The largest absolute Gasteiger partial charge is 0.486 e. The first-order chi connectivity index (χ1) is 9.11. The van der Waals surface area contributed by atoms with Crippen molar-refractivity contribution in [2.45, 2.75) is 13.8 Å². The van der Waals surface area contributed by atoms with Gasteiger partial charge in [-0.15, -0.1) is 0 Å². The fourth-order valence-electron chi connectivity index (χ4n) is 1.77. The fourth-order valence-corrected chi connectivity index (χ4v) is 2.04. The van der Waals surface area contributed by atoms with Crippen molar-refractivity contribution < 1.29 is 19.0 Å². The van der Waals surface area contributed by atoms with Gasteiger partial charge in [0.15, 0.2) is 11.5 Å². The zero-order valence-corrected chi connectivity index (χ0v) is 11.6. The van der Waals surface area contributed by atoms with Crippen LogP contribution >= 0.6 is 11.6 Å². The van der Waals surface area contributed by atoms with Crippen molar-refractivity contribution in [1.29, 1.82) is 0 Å². The summed E-state index contributed by atoms with van der Waals surface area (Å²) in [6.07, 6.45) is 1.71. The van der Waals surface area contributed by atoms with E-state index in [1.165, 1.54) is 0 Å². The topological polar surface area (TPSA) is 44.8 Å². The second-order valence-corrected chi connectivity index (χ2v) is 4.48. The molecule has 0 aliphatic carbocycles. The molecule has 1 heterocycles. The standard InChI is InChI=1S/C14H15ClO4/c1-3-17-14(16)9(2)6-10-7-11(15)13-12(8-10)18-4-5-19-13/h6-8H,3-5H2,1-2H3/b9-6+. The van der Waals surface area contributed by atoms with Gasteiger partial charge in [-0.25, -0.2) is 4.79 Å². The van der Waals surface area contributed by atoms with Gasteiger partial charge in [-0.2, -0.15) is 0 Å². The van der Waals surface area contributed by atoms with Crippen LogP contribution in [0.15, 0.2) is 17.7 Å². The summed E-state index contributed by atoms with van der Waals surface area (Å²) >= 11 is 6.12. The first kappa shape index (κ1) is 13.7. The number of halogens is 1. The van der Waals surface area contributed by atoms with Gasteiger partial charge in [-0.05, 0) is 37.6 Å². The first-order valence-corrected chi connectivity index (χ1v) is 6.44. The molecule has 0 atom stereocenters. The Morgan fingerprint density at radius 3 is 2.89 bits per heavy atom. The highest BCUT2D eigenvalue weighted by atomic mass is 35.5. The summed E-state index contributed by atoms with van der Waals surface area (Å²) in [5, 5.41) is 0.472. The third-order valence-corrected chi connectivity index (χ3v) is 2.88. The molecule has 0 saturated heterocycles. The van der Waals surface area contributed by atoms with Crippen LogP contribution in [0, 0.1) is 0 Å². The average molecular weight is 283 g/mol. The van der Waals surface area contributed by atoms with E-state index in [0.29, 0.717) is 41.9 Å². The van der Waals surface area contributed by atoms with Crippen LogP contribution in [0.2, 0.25) is 5.02 Å². The highest BCUT2D eigenvalue weighted by molar-refractivity contribution is 6.32. The third kappa shape index (κ3) is 3.20. The predicted molar refractivity (Wildman–Crippen MR) is 72.7 cm³/mol. The number of carbonyl (C=O) groups excluding carboxylic acids is 1. The monoisotopic (exact) mass is 282 g/mol. The summed E-state index contributed by atoms with van der Waals surface area (Å²) in [5.74, 6) is 0.814. The van der Waals surface area contributed by atoms with Gasteiger partial charge in [0.1, 0.15) is 13.2 Å². The van der Waals surface area contributed by atoms with Crippen LogP contribution in [0.4, 0.5) is 0 Å².